The van der Waals surface area contributed by atoms with E-state index in [1.54, 1.807) is 0 Å². The highest BCUT2D eigenvalue weighted by molar-refractivity contribution is 5.83. The van der Waals surface area contributed by atoms with Gasteiger partial charge in [-0.15, -0.1) is 0 Å². The van der Waals surface area contributed by atoms with Crippen LogP contribution in [0.25, 0.3) is 10.8 Å². The summed E-state index contributed by atoms with van der Waals surface area (Å²) >= 11 is 0. The van der Waals surface area contributed by atoms with Gasteiger partial charge in [-0.1, -0.05) is 50.2 Å². The molecule has 0 aromatic heterocycles. The standard InChI is InChI=1S/C17H24N2/c1-17(2,10-11-18)16(19-3)15-9-8-13-6-4-5-7-14(13)12-15/h4-9,12,16,19H,10-11,18H2,1-3H3. The van der Waals surface area contributed by atoms with Crippen molar-refractivity contribution < 1.29 is 0 Å². The molecule has 0 fully saturated rings. The molecule has 0 amide bonds. The fourth-order valence-electron chi connectivity index (χ4n) is 2.91. The molecular formula is C17H24N2. The van der Waals surface area contributed by atoms with Crippen LogP contribution in [-0.2, 0) is 0 Å². The van der Waals surface area contributed by atoms with Crippen molar-refractivity contribution in [3.05, 3.63) is 48.0 Å². The third-order valence-electron chi connectivity index (χ3n) is 3.97. The van der Waals surface area contributed by atoms with E-state index in [-0.39, 0.29) is 5.41 Å². The van der Waals surface area contributed by atoms with Gasteiger partial charge in [0.05, 0.1) is 0 Å². The van der Waals surface area contributed by atoms with Crippen molar-refractivity contribution >= 4 is 10.8 Å². The van der Waals surface area contributed by atoms with E-state index in [9.17, 15) is 0 Å². The lowest BCUT2D eigenvalue weighted by molar-refractivity contribution is 0.239. The van der Waals surface area contributed by atoms with E-state index >= 15 is 0 Å². The summed E-state index contributed by atoms with van der Waals surface area (Å²) in [7, 11) is 2.03. The Labute approximate surface area is 116 Å². The van der Waals surface area contributed by atoms with Gasteiger partial charge in [-0.05, 0) is 47.8 Å². The second kappa shape index (κ2) is 5.72. The van der Waals surface area contributed by atoms with E-state index < -0.39 is 0 Å². The van der Waals surface area contributed by atoms with Crippen LogP contribution in [0.4, 0.5) is 0 Å². The minimum absolute atomic E-state index is 0.145. The van der Waals surface area contributed by atoms with Gasteiger partial charge >= 0.3 is 0 Å². The Morgan fingerprint density at radius 2 is 1.79 bits per heavy atom. The van der Waals surface area contributed by atoms with Crippen molar-refractivity contribution in [2.75, 3.05) is 13.6 Å². The summed E-state index contributed by atoms with van der Waals surface area (Å²) in [5.41, 5.74) is 7.23. The number of hydrogen-bond acceptors (Lipinski definition) is 2. The summed E-state index contributed by atoms with van der Waals surface area (Å²) in [6.07, 6.45) is 1.01. The van der Waals surface area contributed by atoms with Crippen LogP contribution >= 0.6 is 0 Å². The molecule has 0 aliphatic carbocycles. The molecule has 1 atom stereocenters. The zero-order chi connectivity index (χ0) is 13.9. The number of rotatable bonds is 5. The SMILES string of the molecule is CNC(c1ccc2ccccc2c1)C(C)(C)CCN. The maximum absolute atomic E-state index is 5.75. The van der Waals surface area contributed by atoms with Gasteiger partial charge in [0.15, 0.2) is 0 Å². The van der Waals surface area contributed by atoms with Crippen LogP contribution in [0.2, 0.25) is 0 Å². The van der Waals surface area contributed by atoms with Gasteiger partial charge in [0.2, 0.25) is 0 Å². The minimum atomic E-state index is 0.145. The van der Waals surface area contributed by atoms with E-state index in [2.05, 4.69) is 61.6 Å². The van der Waals surface area contributed by atoms with Crippen LogP contribution in [-0.4, -0.2) is 13.6 Å². The lowest BCUT2D eigenvalue weighted by atomic mass is 9.77. The number of hydrogen-bond donors (Lipinski definition) is 2. The third-order valence-corrected chi connectivity index (χ3v) is 3.97. The topological polar surface area (TPSA) is 38.0 Å². The van der Waals surface area contributed by atoms with Crippen molar-refractivity contribution in [3.8, 4) is 0 Å². The molecule has 2 nitrogen and oxygen atoms in total. The monoisotopic (exact) mass is 256 g/mol. The fourth-order valence-corrected chi connectivity index (χ4v) is 2.91. The summed E-state index contributed by atoms with van der Waals surface area (Å²) in [4.78, 5) is 0. The molecule has 19 heavy (non-hydrogen) atoms. The molecule has 3 N–H and O–H groups in total. The summed E-state index contributed by atoms with van der Waals surface area (Å²) in [5.74, 6) is 0. The molecule has 0 saturated carbocycles. The van der Waals surface area contributed by atoms with Crippen LogP contribution in [0.3, 0.4) is 0 Å². The predicted octanol–water partition coefficient (Wildman–Crippen LogP) is 3.48. The Bertz CT molecular complexity index is 546. The van der Waals surface area contributed by atoms with Crippen LogP contribution in [0.5, 0.6) is 0 Å². The summed E-state index contributed by atoms with van der Waals surface area (Å²) in [6, 6.07) is 15.5. The van der Waals surface area contributed by atoms with E-state index in [1.165, 1.54) is 16.3 Å². The van der Waals surface area contributed by atoms with E-state index in [0.29, 0.717) is 6.04 Å². The van der Waals surface area contributed by atoms with Crippen LogP contribution in [0, 0.1) is 5.41 Å². The van der Waals surface area contributed by atoms with Crippen LogP contribution < -0.4 is 11.1 Å². The van der Waals surface area contributed by atoms with Crippen molar-refractivity contribution in [2.45, 2.75) is 26.3 Å². The highest BCUT2D eigenvalue weighted by Crippen LogP contribution is 2.36. The molecule has 0 aliphatic heterocycles. The largest absolute Gasteiger partial charge is 0.330 e. The molecule has 0 aliphatic rings. The quantitative estimate of drug-likeness (QED) is 0.859. The lowest BCUT2D eigenvalue weighted by Gasteiger charge is -2.34. The number of benzene rings is 2. The summed E-state index contributed by atoms with van der Waals surface area (Å²) < 4.78 is 0. The highest BCUT2D eigenvalue weighted by Gasteiger charge is 2.28. The van der Waals surface area contributed by atoms with Gasteiger partial charge in [-0.3, -0.25) is 0 Å². The number of fused-ring (bicyclic) bond motifs is 1. The first-order valence-corrected chi connectivity index (χ1v) is 6.94. The maximum atomic E-state index is 5.75. The second-order valence-electron chi connectivity index (χ2n) is 5.86. The Morgan fingerprint density at radius 3 is 2.42 bits per heavy atom. The molecular weight excluding hydrogens is 232 g/mol. The molecule has 0 heterocycles. The smallest absolute Gasteiger partial charge is 0.0370 e. The van der Waals surface area contributed by atoms with Crippen molar-refractivity contribution in [3.63, 3.8) is 0 Å². The summed E-state index contributed by atoms with van der Waals surface area (Å²) in [6.45, 7) is 5.27. The van der Waals surface area contributed by atoms with Gasteiger partial charge in [-0.25, -0.2) is 0 Å². The summed E-state index contributed by atoms with van der Waals surface area (Å²) in [5, 5.41) is 6.04. The first kappa shape index (κ1) is 14.0. The molecule has 0 spiro atoms. The van der Waals surface area contributed by atoms with E-state index in [0.717, 1.165) is 13.0 Å². The average Bonchev–Trinajstić information content (AvgIpc) is 2.39. The average molecular weight is 256 g/mol. The molecule has 1 unspecified atom stereocenters. The van der Waals surface area contributed by atoms with Crippen LogP contribution in [0.1, 0.15) is 31.9 Å². The Balaban J connectivity index is 2.40. The third kappa shape index (κ3) is 2.96. The Hall–Kier alpha value is -1.38. The molecule has 0 saturated heterocycles. The molecule has 0 bridgehead atoms. The Kier molecular flexibility index (Phi) is 4.23. The van der Waals surface area contributed by atoms with Gasteiger partial charge < -0.3 is 11.1 Å². The number of nitrogens with one attached hydrogen (secondary N) is 1. The van der Waals surface area contributed by atoms with E-state index in [1.807, 2.05) is 7.05 Å². The number of nitrogens with two attached hydrogens (primary N) is 1. The molecule has 102 valence electrons. The normalized spacial score (nSPS) is 13.7. The lowest BCUT2D eigenvalue weighted by Crippen LogP contribution is -2.33. The van der Waals surface area contributed by atoms with Gasteiger partial charge in [-0.2, -0.15) is 0 Å². The fraction of sp³-hybridized carbons (Fsp3) is 0.412. The molecule has 2 aromatic carbocycles. The van der Waals surface area contributed by atoms with Crippen molar-refractivity contribution in [1.82, 2.24) is 5.32 Å². The van der Waals surface area contributed by atoms with Crippen molar-refractivity contribution in [1.29, 1.82) is 0 Å². The maximum Gasteiger partial charge on any atom is 0.0370 e. The van der Waals surface area contributed by atoms with Gasteiger partial charge in [0.25, 0.3) is 0 Å². The molecule has 2 rings (SSSR count). The molecule has 2 heteroatoms. The first-order valence-electron chi connectivity index (χ1n) is 6.94. The minimum Gasteiger partial charge on any atom is -0.330 e. The second-order valence-corrected chi connectivity index (χ2v) is 5.86. The molecule has 0 radical (unpaired) electrons. The van der Waals surface area contributed by atoms with Gasteiger partial charge in [0, 0.05) is 6.04 Å². The van der Waals surface area contributed by atoms with Crippen molar-refractivity contribution in [2.24, 2.45) is 11.1 Å². The predicted molar refractivity (Wildman–Crippen MR) is 83.2 cm³/mol. The molecule has 2 aromatic rings. The Morgan fingerprint density at radius 1 is 1.11 bits per heavy atom. The van der Waals surface area contributed by atoms with E-state index in [4.69, 9.17) is 5.73 Å². The first-order chi connectivity index (χ1) is 9.08. The van der Waals surface area contributed by atoms with Gasteiger partial charge in [0.1, 0.15) is 0 Å². The zero-order valence-electron chi connectivity index (χ0n) is 12.1. The highest BCUT2D eigenvalue weighted by atomic mass is 14.9. The van der Waals surface area contributed by atoms with Crippen LogP contribution in [0.15, 0.2) is 42.5 Å². The zero-order valence-corrected chi connectivity index (χ0v) is 12.1.